The maximum absolute atomic E-state index is 11.5. The minimum Gasteiger partial charge on any atom is -0.462 e. The molecule has 0 radical (unpaired) electrons. The minimum atomic E-state index is -1.07. The van der Waals surface area contributed by atoms with Gasteiger partial charge in [0.1, 0.15) is 5.57 Å². The van der Waals surface area contributed by atoms with Gasteiger partial charge in [0, 0.05) is 18.6 Å². The zero-order valence-electron chi connectivity index (χ0n) is 8.70. The van der Waals surface area contributed by atoms with E-state index in [0.717, 1.165) is 0 Å². The number of aliphatic hydroxyl groups is 1. The van der Waals surface area contributed by atoms with Crippen molar-refractivity contribution < 1.29 is 14.6 Å². The Hall–Kier alpha value is -1.95. The lowest BCUT2D eigenvalue weighted by Crippen LogP contribution is -2.43. The molecule has 0 unspecified atom stereocenters. The number of carbonyl (C=O) groups is 1. The zero-order chi connectivity index (χ0) is 11.5. The molecule has 84 valence electrons. The first-order chi connectivity index (χ1) is 7.74. The van der Waals surface area contributed by atoms with Crippen molar-refractivity contribution >= 4 is 18.0 Å². The van der Waals surface area contributed by atoms with Crippen molar-refractivity contribution in [2.75, 3.05) is 6.61 Å². The number of aliphatic hydroxyl groups excluding tert-OH is 1. The van der Waals surface area contributed by atoms with Crippen LogP contribution in [0.25, 0.3) is 0 Å². The Morgan fingerprint density at radius 2 is 2.50 bits per heavy atom. The third-order valence-corrected chi connectivity index (χ3v) is 2.16. The van der Waals surface area contributed by atoms with Gasteiger partial charge in [-0.25, -0.2) is 9.79 Å². The largest absolute Gasteiger partial charge is 0.462 e. The molecule has 0 spiro atoms. The van der Waals surface area contributed by atoms with Crippen molar-refractivity contribution in [3.05, 3.63) is 24.2 Å². The van der Waals surface area contributed by atoms with Gasteiger partial charge >= 0.3 is 5.97 Å². The molecule has 2 aliphatic heterocycles. The number of hydrogen-bond acceptors (Lipinski definition) is 6. The quantitative estimate of drug-likeness (QED) is 0.667. The van der Waals surface area contributed by atoms with E-state index in [2.05, 4.69) is 9.98 Å². The average molecular weight is 221 g/mol. The molecule has 0 bridgehead atoms. The van der Waals surface area contributed by atoms with Gasteiger partial charge in [0.25, 0.3) is 0 Å². The van der Waals surface area contributed by atoms with Gasteiger partial charge in [0.2, 0.25) is 0 Å². The Morgan fingerprint density at radius 3 is 3.25 bits per heavy atom. The van der Waals surface area contributed by atoms with Crippen LogP contribution < -0.4 is 0 Å². The van der Waals surface area contributed by atoms with Crippen LogP contribution in [0, 0.1) is 0 Å². The number of carbonyl (C=O) groups excluding carboxylic acids is 1. The highest BCUT2D eigenvalue weighted by molar-refractivity contribution is 6.31. The van der Waals surface area contributed by atoms with E-state index in [1.54, 1.807) is 13.1 Å². The number of fused-ring (bicyclic) bond motifs is 1. The Morgan fingerprint density at radius 1 is 1.69 bits per heavy atom. The van der Waals surface area contributed by atoms with E-state index in [0.29, 0.717) is 5.84 Å². The number of hydrogen-bond donors (Lipinski definition) is 1. The molecule has 0 aliphatic carbocycles. The first-order valence-corrected chi connectivity index (χ1v) is 4.85. The summed E-state index contributed by atoms with van der Waals surface area (Å²) in [4.78, 5) is 20.8. The first-order valence-electron chi connectivity index (χ1n) is 4.85. The SMILES string of the molecule is CCOC(=O)C1=CN=C2C=NC=CN2[C@@H]1O. The van der Waals surface area contributed by atoms with Gasteiger partial charge in [-0.15, -0.1) is 0 Å². The van der Waals surface area contributed by atoms with Crippen LogP contribution in [0.3, 0.4) is 0 Å². The molecule has 6 nitrogen and oxygen atoms in total. The fourth-order valence-electron chi connectivity index (χ4n) is 1.39. The summed E-state index contributed by atoms with van der Waals surface area (Å²) < 4.78 is 4.81. The standard InChI is InChI=1S/C10H11N3O3/c1-2-16-10(15)7-5-12-8-6-11-3-4-13(8)9(7)14/h3-6,9,14H,2H2,1H3/t9-/m1/s1. The second-order valence-electron chi connectivity index (χ2n) is 3.15. The highest BCUT2D eigenvalue weighted by Crippen LogP contribution is 2.18. The van der Waals surface area contributed by atoms with Crippen LogP contribution >= 0.6 is 0 Å². The predicted octanol–water partition coefficient (Wildman–Crippen LogP) is 0.0215. The van der Waals surface area contributed by atoms with Gasteiger partial charge in [-0.05, 0) is 6.92 Å². The Kier molecular flexibility index (Phi) is 2.82. The maximum atomic E-state index is 11.5. The number of aliphatic imine (C=N–C) groups is 2. The Labute approximate surface area is 92.3 Å². The normalized spacial score (nSPS) is 22.4. The summed E-state index contributed by atoms with van der Waals surface area (Å²) in [7, 11) is 0. The molecule has 2 aliphatic rings. The molecule has 0 saturated carbocycles. The lowest BCUT2D eigenvalue weighted by molar-refractivity contribution is -0.140. The van der Waals surface area contributed by atoms with Crippen molar-refractivity contribution in [1.29, 1.82) is 0 Å². The summed E-state index contributed by atoms with van der Waals surface area (Å²) in [5, 5.41) is 9.92. The summed E-state index contributed by atoms with van der Waals surface area (Å²) >= 11 is 0. The number of esters is 1. The molecular weight excluding hydrogens is 210 g/mol. The van der Waals surface area contributed by atoms with Gasteiger partial charge in [-0.1, -0.05) is 0 Å². The number of ether oxygens (including phenoxy) is 1. The second-order valence-corrected chi connectivity index (χ2v) is 3.15. The smallest absolute Gasteiger partial charge is 0.340 e. The van der Waals surface area contributed by atoms with Crippen LogP contribution in [0.4, 0.5) is 0 Å². The summed E-state index contributed by atoms with van der Waals surface area (Å²) in [5.74, 6) is -0.0724. The van der Waals surface area contributed by atoms with Crippen LogP contribution in [-0.4, -0.2) is 40.9 Å². The highest BCUT2D eigenvalue weighted by atomic mass is 16.5. The number of amidine groups is 1. The Balaban J connectivity index is 2.25. The van der Waals surface area contributed by atoms with Crippen molar-refractivity contribution in [3.8, 4) is 0 Å². The third-order valence-electron chi connectivity index (χ3n) is 2.16. The van der Waals surface area contributed by atoms with E-state index in [-0.39, 0.29) is 12.2 Å². The molecule has 0 fully saturated rings. The molecule has 0 aromatic heterocycles. The summed E-state index contributed by atoms with van der Waals surface area (Å²) in [6, 6.07) is 0. The lowest BCUT2D eigenvalue weighted by atomic mass is 10.2. The van der Waals surface area contributed by atoms with Gasteiger partial charge in [0.05, 0.1) is 12.8 Å². The summed E-state index contributed by atoms with van der Waals surface area (Å²) in [5.41, 5.74) is 0.116. The van der Waals surface area contributed by atoms with E-state index in [4.69, 9.17) is 4.74 Å². The van der Waals surface area contributed by atoms with Crippen LogP contribution in [0.5, 0.6) is 0 Å². The van der Waals surface area contributed by atoms with Gasteiger partial charge in [0.15, 0.2) is 12.1 Å². The van der Waals surface area contributed by atoms with Crippen molar-refractivity contribution in [1.82, 2.24) is 4.90 Å². The molecule has 16 heavy (non-hydrogen) atoms. The van der Waals surface area contributed by atoms with E-state index in [1.807, 2.05) is 0 Å². The predicted molar refractivity (Wildman–Crippen MR) is 57.6 cm³/mol. The van der Waals surface area contributed by atoms with Gasteiger partial charge in [-0.2, -0.15) is 0 Å². The molecule has 2 rings (SSSR count). The average Bonchev–Trinajstić information content (AvgIpc) is 2.30. The summed E-state index contributed by atoms with van der Waals surface area (Å²) in [6.45, 7) is 1.96. The van der Waals surface area contributed by atoms with Crippen LogP contribution in [0.15, 0.2) is 34.2 Å². The summed E-state index contributed by atoms with van der Waals surface area (Å²) in [6.07, 6.45) is 4.79. The Bertz CT molecular complexity index is 423. The van der Waals surface area contributed by atoms with Crippen molar-refractivity contribution in [2.24, 2.45) is 9.98 Å². The number of rotatable bonds is 2. The molecule has 0 aromatic carbocycles. The van der Waals surface area contributed by atoms with Crippen molar-refractivity contribution in [3.63, 3.8) is 0 Å². The monoisotopic (exact) mass is 221 g/mol. The number of nitrogens with zero attached hydrogens (tertiary/aromatic N) is 3. The van der Waals surface area contributed by atoms with Crippen molar-refractivity contribution in [2.45, 2.75) is 13.2 Å². The van der Waals surface area contributed by atoms with E-state index >= 15 is 0 Å². The molecule has 0 amide bonds. The topological polar surface area (TPSA) is 74.5 Å². The molecule has 2 heterocycles. The fourth-order valence-corrected chi connectivity index (χ4v) is 1.39. The highest BCUT2D eigenvalue weighted by Gasteiger charge is 2.30. The second kappa shape index (κ2) is 4.28. The van der Waals surface area contributed by atoms with Crippen LogP contribution in [0.2, 0.25) is 0 Å². The molecular formula is C10H11N3O3. The van der Waals surface area contributed by atoms with E-state index in [9.17, 15) is 9.90 Å². The van der Waals surface area contributed by atoms with E-state index < -0.39 is 12.2 Å². The first kappa shape index (κ1) is 10.6. The zero-order valence-corrected chi connectivity index (χ0v) is 8.70. The maximum Gasteiger partial charge on any atom is 0.340 e. The molecule has 1 N–H and O–H groups in total. The van der Waals surface area contributed by atoms with Crippen LogP contribution in [0.1, 0.15) is 6.92 Å². The molecule has 1 atom stereocenters. The third kappa shape index (κ3) is 1.74. The fraction of sp³-hybridized carbons (Fsp3) is 0.300. The molecule has 0 aromatic rings. The molecule has 0 saturated heterocycles. The van der Waals surface area contributed by atoms with Gasteiger partial charge in [-0.3, -0.25) is 9.89 Å². The van der Waals surface area contributed by atoms with Crippen LogP contribution in [-0.2, 0) is 9.53 Å². The minimum absolute atomic E-state index is 0.116. The van der Waals surface area contributed by atoms with E-state index in [1.165, 1.54) is 23.5 Å². The lowest BCUT2D eigenvalue weighted by Gasteiger charge is -2.30. The van der Waals surface area contributed by atoms with Gasteiger partial charge < -0.3 is 9.84 Å². The molecule has 6 heteroatoms.